The maximum absolute atomic E-state index is 14.0. The highest BCUT2D eigenvalue weighted by atomic mass is 35.5. The van der Waals surface area contributed by atoms with Crippen LogP contribution in [0.25, 0.3) is 11.1 Å². The van der Waals surface area contributed by atoms with Crippen LogP contribution in [0.1, 0.15) is 38.7 Å². The molecule has 1 saturated heterocycles. The van der Waals surface area contributed by atoms with Crippen LogP contribution in [-0.2, 0) is 11.3 Å². The normalized spacial score (nSPS) is 21.5. The summed E-state index contributed by atoms with van der Waals surface area (Å²) in [5.41, 5.74) is 3.99. The van der Waals surface area contributed by atoms with Crippen molar-refractivity contribution in [2.75, 3.05) is 25.2 Å². The predicted molar refractivity (Wildman–Crippen MR) is 154 cm³/mol. The van der Waals surface area contributed by atoms with E-state index in [0.717, 1.165) is 36.1 Å². The smallest absolute Gasteiger partial charge is 0.319 e. The Hall–Kier alpha value is -3.16. The van der Waals surface area contributed by atoms with E-state index in [1.54, 1.807) is 12.2 Å². The minimum absolute atomic E-state index is 0.0577. The molecule has 1 fully saturated rings. The number of ether oxygens (including phenoxy) is 1. The van der Waals surface area contributed by atoms with Gasteiger partial charge in [0.1, 0.15) is 19.1 Å². The molecule has 2 aliphatic heterocycles. The van der Waals surface area contributed by atoms with Gasteiger partial charge >= 0.3 is 6.03 Å². The number of rotatable bonds is 9. The molecular formula is C31H36ClF2N3O2. The molecule has 8 heteroatoms. The molecule has 0 bridgehead atoms. The van der Waals surface area contributed by atoms with E-state index in [9.17, 15) is 13.6 Å². The van der Waals surface area contributed by atoms with Gasteiger partial charge in [0.2, 0.25) is 0 Å². The molecule has 0 saturated carbocycles. The van der Waals surface area contributed by atoms with Crippen LogP contribution in [0.4, 0.5) is 19.3 Å². The maximum Gasteiger partial charge on any atom is 0.319 e. The number of benzene rings is 2. The Balaban J connectivity index is 1.61. The molecule has 208 valence electrons. The molecular weight excluding hydrogens is 520 g/mol. The summed E-state index contributed by atoms with van der Waals surface area (Å²) in [4.78, 5) is 15.8. The summed E-state index contributed by atoms with van der Waals surface area (Å²) in [6.07, 6.45) is 7.22. The summed E-state index contributed by atoms with van der Waals surface area (Å²) >= 11 is 5.79. The summed E-state index contributed by atoms with van der Waals surface area (Å²) in [6.45, 7) is 3.68. The summed E-state index contributed by atoms with van der Waals surface area (Å²) in [5, 5.41) is 5.93. The lowest BCUT2D eigenvalue weighted by molar-refractivity contribution is -0.0530. The average Bonchev–Trinajstić information content (AvgIpc) is 3.35. The van der Waals surface area contributed by atoms with Crippen LogP contribution in [-0.4, -0.2) is 48.5 Å². The van der Waals surface area contributed by atoms with Crippen molar-refractivity contribution in [2.45, 2.75) is 57.3 Å². The van der Waals surface area contributed by atoms with E-state index in [2.05, 4.69) is 40.7 Å². The average molecular weight is 556 g/mol. The fourth-order valence-corrected chi connectivity index (χ4v) is 5.42. The maximum atomic E-state index is 14.0. The zero-order valence-electron chi connectivity index (χ0n) is 22.4. The lowest BCUT2D eigenvalue weighted by Crippen LogP contribution is -2.51. The molecule has 0 aromatic heterocycles. The third-order valence-electron chi connectivity index (χ3n) is 7.44. The minimum atomic E-state index is -1.69. The number of amides is 2. The zero-order chi connectivity index (χ0) is 27.8. The van der Waals surface area contributed by atoms with Crippen molar-refractivity contribution in [1.82, 2.24) is 10.2 Å². The molecule has 0 radical (unpaired) electrons. The fraction of sp³-hybridized carbons (Fsp3) is 0.387. The molecule has 2 amide bonds. The molecule has 2 aromatic rings. The number of allylic oxidation sites excluding steroid dienone is 2. The van der Waals surface area contributed by atoms with Gasteiger partial charge in [0.15, 0.2) is 5.60 Å². The molecule has 39 heavy (non-hydrogen) atoms. The molecule has 2 N–H and O–H groups in total. The topological polar surface area (TPSA) is 53.6 Å². The third kappa shape index (κ3) is 6.89. The Morgan fingerprint density at radius 3 is 2.56 bits per heavy atom. The lowest BCUT2D eigenvalue weighted by Gasteiger charge is -2.39. The third-order valence-corrected chi connectivity index (χ3v) is 7.57. The van der Waals surface area contributed by atoms with Gasteiger partial charge in [-0.15, -0.1) is 0 Å². The van der Waals surface area contributed by atoms with Crippen LogP contribution in [0, 0.1) is 0 Å². The highest BCUT2D eigenvalue weighted by Crippen LogP contribution is 2.35. The number of carbonyl (C=O) groups excluding carboxylic acids is 1. The number of alkyl halides is 2. The minimum Gasteiger partial charge on any atom is -0.481 e. The quantitative estimate of drug-likeness (QED) is 0.337. The van der Waals surface area contributed by atoms with E-state index in [-0.39, 0.29) is 12.2 Å². The van der Waals surface area contributed by atoms with Crippen molar-refractivity contribution in [2.24, 2.45) is 0 Å². The monoisotopic (exact) mass is 555 g/mol. The van der Waals surface area contributed by atoms with Crippen LogP contribution in [0.3, 0.4) is 0 Å². The Kier molecular flexibility index (Phi) is 9.81. The number of halogens is 3. The van der Waals surface area contributed by atoms with E-state index < -0.39 is 31.0 Å². The first-order valence-corrected chi connectivity index (χ1v) is 13.8. The van der Waals surface area contributed by atoms with E-state index >= 15 is 0 Å². The SMILES string of the molecule is C/C=C\C1=C(/C=C/Cl)OC(CF)(CF)CC1NC(=O)Nc1ccc(-c2ccccc2)cc1CN1CCCC1C. The first-order chi connectivity index (χ1) is 18.9. The van der Waals surface area contributed by atoms with Crippen molar-refractivity contribution in [3.63, 3.8) is 0 Å². The number of nitrogens with zero attached hydrogens (tertiary/aromatic N) is 1. The van der Waals surface area contributed by atoms with Crippen molar-refractivity contribution in [3.8, 4) is 11.1 Å². The molecule has 0 spiro atoms. The fourth-order valence-electron chi connectivity index (χ4n) is 5.30. The first kappa shape index (κ1) is 28.8. The number of carbonyl (C=O) groups is 1. The van der Waals surface area contributed by atoms with Crippen LogP contribution in [0.5, 0.6) is 0 Å². The van der Waals surface area contributed by atoms with Gasteiger partial charge in [-0.3, -0.25) is 4.90 Å². The largest absolute Gasteiger partial charge is 0.481 e. The van der Waals surface area contributed by atoms with Gasteiger partial charge in [0.05, 0.1) is 6.04 Å². The van der Waals surface area contributed by atoms with Gasteiger partial charge in [0.25, 0.3) is 0 Å². The second kappa shape index (κ2) is 13.3. The van der Waals surface area contributed by atoms with Gasteiger partial charge in [-0.1, -0.05) is 60.2 Å². The van der Waals surface area contributed by atoms with Crippen molar-refractivity contribution in [1.29, 1.82) is 0 Å². The van der Waals surface area contributed by atoms with E-state index in [0.29, 0.717) is 23.8 Å². The highest BCUT2D eigenvalue weighted by molar-refractivity contribution is 6.25. The first-order valence-electron chi connectivity index (χ1n) is 13.4. The molecule has 2 aliphatic rings. The molecule has 5 nitrogen and oxygen atoms in total. The predicted octanol–water partition coefficient (Wildman–Crippen LogP) is 7.51. The van der Waals surface area contributed by atoms with Crippen molar-refractivity contribution in [3.05, 3.63) is 89.2 Å². The van der Waals surface area contributed by atoms with Crippen molar-refractivity contribution >= 4 is 23.3 Å². The second-order valence-electron chi connectivity index (χ2n) is 10.2. The molecule has 2 unspecified atom stereocenters. The van der Waals surface area contributed by atoms with Gasteiger partial charge in [-0.25, -0.2) is 13.6 Å². The summed E-state index contributed by atoms with van der Waals surface area (Å²) in [6, 6.07) is 15.5. The summed E-state index contributed by atoms with van der Waals surface area (Å²) < 4.78 is 33.7. The Bertz CT molecular complexity index is 1230. The zero-order valence-corrected chi connectivity index (χ0v) is 23.2. The number of hydrogen-bond acceptors (Lipinski definition) is 3. The number of urea groups is 1. The van der Waals surface area contributed by atoms with Crippen molar-refractivity contribution < 1.29 is 18.3 Å². The number of nitrogens with one attached hydrogen (secondary N) is 2. The Morgan fingerprint density at radius 2 is 1.92 bits per heavy atom. The molecule has 2 heterocycles. The molecule has 0 aliphatic carbocycles. The van der Waals surface area contributed by atoms with Crippen LogP contribution in [0.2, 0.25) is 0 Å². The van der Waals surface area contributed by atoms with Crippen LogP contribution < -0.4 is 10.6 Å². The van der Waals surface area contributed by atoms with E-state index in [4.69, 9.17) is 16.3 Å². The number of anilines is 1. The molecule has 2 atom stereocenters. The van der Waals surface area contributed by atoms with Gasteiger partial charge < -0.3 is 15.4 Å². The van der Waals surface area contributed by atoms with Crippen LogP contribution in [0.15, 0.2) is 83.6 Å². The van der Waals surface area contributed by atoms with Gasteiger partial charge in [-0.05, 0) is 68.1 Å². The second-order valence-corrected chi connectivity index (χ2v) is 10.5. The van der Waals surface area contributed by atoms with E-state index in [1.807, 2.05) is 37.3 Å². The lowest BCUT2D eigenvalue weighted by atomic mass is 9.88. The van der Waals surface area contributed by atoms with Gasteiger partial charge in [0, 0.05) is 35.8 Å². The Morgan fingerprint density at radius 1 is 1.15 bits per heavy atom. The number of hydrogen-bond donors (Lipinski definition) is 2. The van der Waals surface area contributed by atoms with Gasteiger partial charge in [-0.2, -0.15) is 0 Å². The van der Waals surface area contributed by atoms with Crippen LogP contribution >= 0.6 is 11.6 Å². The Labute approximate surface area is 234 Å². The summed E-state index contributed by atoms with van der Waals surface area (Å²) in [5.74, 6) is 0.228. The summed E-state index contributed by atoms with van der Waals surface area (Å²) in [7, 11) is 0. The standard InChI is InChI=1S/C31H36ClF2N3O2/c1-3-8-26-28(18-31(20-33,21-34)39-29(26)14-15-32)36-30(38)35-27-13-12-24(23-10-5-4-6-11-23)17-25(27)19-37-16-7-9-22(37)2/h3-6,8,10-15,17,22,28H,7,9,16,18-21H2,1-2H3,(H2,35,36,38)/b8-3-,15-14+. The highest BCUT2D eigenvalue weighted by Gasteiger charge is 2.42. The molecule has 4 rings (SSSR count). The number of likely N-dealkylation sites (tertiary alicyclic amines) is 1. The molecule has 2 aromatic carbocycles. The van der Waals surface area contributed by atoms with E-state index in [1.165, 1.54) is 11.6 Å².